The summed E-state index contributed by atoms with van der Waals surface area (Å²) >= 11 is 0. The second kappa shape index (κ2) is 8.19. The molecule has 0 fully saturated rings. The Bertz CT molecular complexity index is 1190. The van der Waals surface area contributed by atoms with Crippen LogP contribution in [0.4, 0.5) is 5.69 Å². The molecule has 8 heteroatoms. The number of nitrogens with one attached hydrogen (secondary N) is 1. The molecule has 0 spiro atoms. The van der Waals surface area contributed by atoms with Crippen LogP contribution in [0, 0.1) is 0 Å². The number of carboxylic acid groups (broad SMARTS) is 1. The molecule has 3 aromatic rings. The third kappa shape index (κ3) is 4.18. The van der Waals surface area contributed by atoms with Gasteiger partial charge in [-0.1, -0.05) is 18.2 Å². The lowest BCUT2D eigenvalue weighted by molar-refractivity contribution is -0.304. The fourth-order valence-corrected chi connectivity index (χ4v) is 3.33. The number of aliphatic carboxylic acids is 1. The van der Waals surface area contributed by atoms with Crippen molar-refractivity contribution in [1.29, 1.82) is 0 Å². The zero-order valence-electron chi connectivity index (χ0n) is 16.2. The molecular formula is C23H16N3O5-. The van der Waals surface area contributed by atoms with Gasteiger partial charge in [-0.2, -0.15) is 0 Å². The largest absolute Gasteiger partial charge is 0.550 e. The normalized spacial score (nSPS) is 12.6. The number of hydrogen-bond donors (Lipinski definition) is 1. The topological polar surface area (TPSA) is 119 Å². The van der Waals surface area contributed by atoms with Gasteiger partial charge in [-0.25, -0.2) is 0 Å². The Hall–Kier alpha value is -4.33. The van der Waals surface area contributed by atoms with Crippen molar-refractivity contribution in [2.24, 2.45) is 0 Å². The van der Waals surface area contributed by atoms with Crippen LogP contribution in [-0.4, -0.2) is 33.6 Å². The van der Waals surface area contributed by atoms with Crippen LogP contribution in [0.5, 0.6) is 0 Å². The molecule has 0 saturated heterocycles. The van der Waals surface area contributed by atoms with Crippen molar-refractivity contribution in [3.63, 3.8) is 0 Å². The van der Waals surface area contributed by atoms with Crippen molar-refractivity contribution in [1.82, 2.24) is 9.88 Å². The maximum absolute atomic E-state index is 12.8. The molecule has 0 radical (unpaired) electrons. The molecule has 31 heavy (non-hydrogen) atoms. The Kier molecular flexibility index (Phi) is 5.28. The first-order valence-corrected chi connectivity index (χ1v) is 9.41. The van der Waals surface area contributed by atoms with Crippen LogP contribution in [0.3, 0.4) is 0 Å². The highest BCUT2D eigenvalue weighted by molar-refractivity contribution is 6.22. The van der Waals surface area contributed by atoms with E-state index in [-0.39, 0.29) is 29.7 Å². The number of carbonyl (C=O) groups excluding carboxylic acids is 4. The molecule has 1 aliphatic rings. The summed E-state index contributed by atoms with van der Waals surface area (Å²) < 4.78 is 0. The van der Waals surface area contributed by atoms with Crippen molar-refractivity contribution >= 4 is 29.4 Å². The summed E-state index contributed by atoms with van der Waals surface area (Å²) in [5, 5.41) is 13.3. The van der Waals surface area contributed by atoms with Crippen molar-refractivity contribution in [2.45, 2.75) is 13.0 Å². The number of carbonyl (C=O) groups is 4. The molecule has 3 amide bonds. The molecule has 1 aromatic heterocycles. The summed E-state index contributed by atoms with van der Waals surface area (Å²) in [5.74, 6) is -2.53. The number of pyridine rings is 1. The molecule has 154 valence electrons. The van der Waals surface area contributed by atoms with Crippen LogP contribution in [0.25, 0.3) is 0 Å². The van der Waals surface area contributed by atoms with Crippen molar-refractivity contribution in [3.8, 4) is 0 Å². The average molecular weight is 414 g/mol. The molecule has 0 aliphatic carbocycles. The molecule has 0 bridgehead atoms. The number of benzene rings is 2. The van der Waals surface area contributed by atoms with Gasteiger partial charge in [0.1, 0.15) is 0 Å². The fourth-order valence-electron chi connectivity index (χ4n) is 3.33. The number of fused-ring (bicyclic) bond motifs is 1. The molecule has 1 N–H and O–H groups in total. The summed E-state index contributed by atoms with van der Waals surface area (Å²) in [4.78, 5) is 53.8. The highest BCUT2D eigenvalue weighted by Crippen LogP contribution is 2.26. The summed E-state index contributed by atoms with van der Waals surface area (Å²) in [6.07, 6.45) is 2.97. The monoisotopic (exact) mass is 414 g/mol. The van der Waals surface area contributed by atoms with Crippen LogP contribution < -0.4 is 10.4 Å². The zero-order valence-corrected chi connectivity index (χ0v) is 16.2. The summed E-state index contributed by atoms with van der Waals surface area (Å²) in [6.45, 7) is 0.0972. The van der Waals surface area contributed by atoms with Gasteiger partial charge in [0.05, 0.1) is 17.7 Å². The van der Waals surface area contributed by atoms with Gasteiger partial charge in [-0.3, -0.25) is 24.3 Å². The first-order chi connectivity index (χ1) is 14.9. The highest BCUT2D eigenvalue weighted by Gasteiger charge is 2.36. The van der Waals surface area contributed by atoms with Gasteiger partial charge in [-0.05, 0) is 47.5 Å². The molecular weight excluding hydrogens is 398 g/mol. The van der Waals surface area contributed by atoms with Gasteiger partial charge < -0.3 is 15.2 Å². The zero-order chi connectivity index (χ0) is 22.0. The van der Waals surface area contributed by atoms with E-state index in [2.05, 4.69) is 10.3 Å². The lowest BCUT2D eigenvalue weighted by Gasteiger charge is -2.13. The number of imide groups is 1. The molecule has 2 heterocycles. The molecule has 4 rings (SSSR count). The van der Waals surface area contributed by atoms with Gasteiger partial charge in [0, 0.05) is 36.0 Å². The standard InChI is InChI=1S/C23H17N3O5/c27-20(28)10-14-3-6-17(7-4-14)25-21(29)16-5-8-18-19(11-16)23(31)26(22(18)30)13-15-2-1-9-24-12-15/h1-9,11-12H,10,13H2,(H,25,29)(H,27,28)/p-1. The number of carboxylic acids is 1. The SMILES string of the molecule is O=C([O-])Cc1ccc(NC(=O)c2ccc3c(c2)C(=O)N(Cc2cccnc2)C3=O)cc1. The average Bonchev–Trinajstić information content (AvgIpc) is 3.00. The molecule has 0 saturated carbocycles. The van der Waals surface area contributed by atoms with Gasteiger partial charge >= 0.3 is 0 Å². The minimum atomic E-state index is -1.19. The lowest BCUT2D eigenvalue weighted by Crippen LogP contribution is -2.29. The Morgan fingerprint density at radius 3 is 2.35 bits per heavy atom. The molecule has 2 aromatic carbocycles. The van der Waals surface area contributed by atoms with E-state index in [0.717, 1.165) is 10.5 Å². The van der Waals surface area contributed by atoms with E-state index in [0.29, 0.717) is 11.3 Å². The minimum Gasteiger partial charge on any atom is -0.550 e. The number of nitrogens with zero attached hydrogens (tertiary/aromatic N) is 2. The summed E-state index contributed by atoms with van der Waals surface area (Å²) in [5.41, 5.74) is 2.38. The number of hydrogen-bond acceptors (Lipinski definition) is 6. The first-order valence-electron chi connectivity index (χ1n) is 9.41. The van der Waals surface area contributed by atoms with Crippen molar-refractivity contribution < 1.29 is 24.3 Å². The first kappa shape index (κ1) is 20.0. The van der Waals surface area contributed by atoms with Gasteiger partial charge in [0.2, 0.25) is 0 Å². The third-order valence-electron chi connectivity index (χ3n) is 4.86. The molecule has 8 nitrogen and oxygen atoms in total. The van der Waals surface area contributed by atoms with Crippen molar-refractivity contribution in [2.75, 3.05) is 5.32 Å². The van der Waals surface area contributed by atoms with Crippen LogP contribution in [-0.2, 0) is 17.8 Å². The van der Waals surface area contributed by atoms with Crippen LogP contribution in [0.2, 0.25) is 0 Å². The predicted octanol–water partition coefficient (Wildman–Crippen LogP) is 1.42. The molecule has 0 atom stereocenters. The number of anilines is 1. The van der Waals surface area contributed by atoms with Crippen LogP contribution in [0.15, 0.2) is 67.0 Å². The van der Waals surface area contributed by atoms with E-state index in [1.54, 1.807) is 48.8 Å². The van der Waals surface area contributed by atoms with E-state index < -0.39 is 23.7 Å². The van der Waals surface area contributed by atoms with E-state index in [9.17, 15) is 24.3 Å². The van der Waals surface area contributed by atoms with E-state index >= 15 is 0 Å². The second-order valence-corrected chi connectivity index (χ2v) is 7.02. The smallest absolute Gasteiger partial charge is 0.261 e. The molecule has 1 aliphatic heterocycles. The van der Waals surface area contributed by atoms with Gasteiger partial charge in [-0.15, -0.1) is 0 Å². The molecule has 0 unspecified atom stereocenters. The van der Waals surface area contributed by atoms with E-state index in [1.807, 2.05) is 0 Å². The van der Waals surface area contributed by atoms with E-state index in [1.165, 1.54) is 18.2 Å². The summed E-state index contributed by atoms with van der Waals surface area (Å²) in [7, 11) is 0. The second-order valence-electron chi connectivity index (χ2n) is 7.02. The number of aromatic nitrogens is 1. The maximum atomic E-state index is 12.8. The van der Waals surface area contributed by atoms with Gasteiger partial charge in [0.25, 0.3) is 17.7 Å². The van der Waals surface area contributed by atoms with Crippen LogP contribution >= 0.6 is 0 Å². The maximum Gasteiger partial charge on any atom is 0.261 e. The highest BCUT2D eigenvalue weighted by atomic mass is 16.4. The summed E-state index contributed by atoms with van der Waals surface area (Å²) in [6, 6.07) is 14.2. The van der Waals surface area contributed by atoms with E-state index in [4.69, 9.17) is 0 Å². The Labute approximate surface area is 177 Å². The lowest BCUT2D eigenvalue weighted by atomic mass is 10.1. The minimum absolute atomic E-state index is 0.0972. The Morgan fingerprint density at radius 2 is 1.68 bits per heavy atom. The fraction of sp³-hybridized carbons (Fsp3) is 0.0870. The quantitative estimate of drug-likeness (QED) is 0.609. The van der Waals surface area contributed by atoms with Gasteiger partial charge in [0.15, 0.2) is 0 Å². The van der Waals surface area contributed by atoms with Crippen molar-refractivity contribution in [3.05, 3.63) is 94.8 Å². The Morgan fingerprint density at radius 1 is 0.935 bits per heavy atom. The number of rotatable bonds is 6. The Balaban J connectivity index is 1.50. The number of amides is 3. The third-order valence-corrected chi connectivity index (χ3v) is 4.86. The van der Waals surface area contributed by atoms with Crippen LogP contribution in [0.1, 0.15) is 42.2 Å². The predicted molar refractivity (Wildman–Crippen MR) is 108 cm³/mol.